The van der Waals surface area contributed by atoms with Gasteiger partial charge >= 0.3 is 5.69 Å². The number of amides is 1. The van der Waals surface area contributed by atoms with E-state index in [1.54, 1.807) is 10.8 Å². The number of carbonyl (C=O) groups is 1. The number of nitrogens with zero attached hydrogens (tertiary/aromatic N) is 5. The fourth-order valence-corrected chi connectivity index (χ4v) is 4.93. The summed E-state index contributed by atoms with van der Waals surface area (Å²) in [6.07, 6.45) is 6.31. The quantitative estimate of drug-likeness (QED) is 0.334. The van der Waals surface area contributed by atoms with E-state index < -0.39 is 11.2 Å². The Kier molecular flexibility index (Phi) is 4.92. The summed E-state index contributed by atoms with van der Waals surface area (Å²) in [5.41, 5.74) is 8.16. The van der Waals surface area contributed by atoms with Crippen LogP contribution >= 0.6 is 0 Å². The minimum atomic E-state index is -0.496. The predicted molar refractivity (Wildman–Crippen MR) is 131 cm³/mol. The van der Waals surface area contributed by atoms with E-state index >= 15 is 0 Å². The van der Waals surface area contributed by atoms with Crippen LogP contribution in [-0.2, 0) is 4.79 Å². The topological polar surface area (TPSA) is 156 Å². The highest BCUT2D eigenvalue weighted by atomic mass is 16.2. The molecule has 4 N–H and O–H groups in total. The maximum Gasteiger partial charge on any atom is 0.329 e. The monoisotopic (exact) mass is 470 g/mol. The van der Waals surface area contributed by atoms with Crippen molar-refractivity contribution < 1.29 is 4.79 Å². The molecule has 0 aromatic carbocycles. The molecule has 5 aromatic heterocycles. The molecule has 0 saturated carbocycles. The fourth-order valence-electron chi connectivity index (χ4n) is 4.93. The fraction of sp³-hybridized carbons (Fsp3) is 0.250. The van der Waals surface area contributed by atoms with E-state index in [0.29, 0.717) is 53.6 Å². The van der Waals surface area contributed by atoms with Crippen LogP contribution in [-0.4, -0.2) is 59.9 Å². The number of hydrogen-bond donors (Lipinski definition) is 3. The Bertz CT molecular complexity index is 1730. The lowest BCUT2D eigenvalue weighted by atomic mass is 10.0. The lowest BCUT2D eigenvalue weighted by Crippen LogP contribution is -2.42. The Morgan fingerprint density at radius 3 is 2.74 bits per heavy atom. The summed E-state index contributed by atoms with van der Waals surface area (Å²) < 4.78 is 1.63. The van der Waals surface area contributed by atoms with Crippen LogP contribution in [0.4, 0.5) is 0 Å². The van der Waals surface area contributed by atoms with E-state index in [0.717, 1.165) is 16.6 Å². The summed E-state index contributed by atoms with van der Waals surface area (Å²) in [5.74, 6) is -0.378. The normalized spacial score (nSPS) is 15.3. The van der Waals surface area contributed by atoms with Crippen LogP contribution in [0.1, 0.15) is 18.9 Å². The maximum absolute atomic E-state index is 13.1. The molecule has 6 heterocycles. The van der Waals surface area contributed by atoms with Crippen LogP contribution < -0.4 is 17.0 Å². The van der Waals surface area contributed by atoms with E-state index in [4.69, 9.17) is 10.7 Å². The van der Waals surface area contributed by atoms with E-state index in [1.807, 2.05) is 35.4 Å². The number of pyridine rings is 3. The second-order valence-corrected chi connectivity index (χ2v) is 8.83. The average molecular weight is 470 g/mol. The minimum absolute atomic E-state index is 0.167. The Morgan fingerprint density at radius 1 is 1.11 bits per heavy atom. The van der Waals surface area contributed by atoms with Crippen molar-refractivity contribution in [2.75, 3.05) is 19.6 Å². The van der Waals surface area contributed by atoms with Crippen molar-refractivity contribution in [1.29, 1.82) is 0 Å². The molecule has 6 rings (SSSR count). The number of fused-ring (bicyclic) bond motifs is 4. The number of aromatic nitrogens is 6. The van der Waals surface area contributed by atoms with E-state index in [2.05, 4.69) is 19.9 Å². The zero-order valence-electron chi connectivity index (χ0n) is 18.7. The number of likely N-dealkylation sites (tertiary alicyclic amines) is 1. The number of hydrogen-bond acceptors (Lipinski definition) is 7. The minimum Gasteiger partial charge on any atom is -0.369 e. The van der Waals surface area contributed by atoms with Crippen LogP contribution in [0.2, 0.25) is 0 Å². The molecular weight excluding hydrogens is 448 g/mol. The van der Waals surface area contributed by atoms with E-state index in [-0.39, 0.29) is 18.5 Å². The van der Waals surface area contributed by atoms with Gasteiger partial charge in [-0.3, -0.25) is 29.0 Å². The van der Waals surface area contributed by atoms with Gasteiger partial charge in [-0.15, -0.1) is 0 Å². The second kappa shape index (κ2) is 8.13. The summed E-state index contributed by atoms with van der Waals surface area (Å²) in [5, 5.41) is 1.26. The van der Waals surface area contributed by atoms with Crippen molar-refractivity contribution >= 4 is 38.9 Å². The van der Waals surface area contributed by atoms with Gasteiger partial charge in [0.1, 0.15) is 11.2 Å². The Hall–Kier alpha value is -4.38. The van der Waals surface area contributed by atoms with Gasteiger partial charge in [0.25, 0.3) is 5.56 Å². The van der Waals surface area contributed by atoms with Crippen molar-refractivity contribution in [1.82, 2.24) is 34.4 Å². The number of H-pyrrole nitrogens is 2. The molecule has 1 saturated heterocycles. The summed E-state index contributed by atoms with van der Waals surface area (Å²) >= 11 is 0. The lowest BCUT2D eigenvalue weighted by Gasteiger charge is -2.32. The molecule has 0 radical (unpaired) electrons. The number of carbonyl (C=O) groups excluding carboxylic acids is 1. The molecule has 1 aliphatic rings. The Balaban J connectivity index is 1.52. The molecule has 0 bridgehead atoms. The molecule has 176 valence electrons. The Morgan fingerprint density at radius 2 is 1.94 bits per heavy atom. The maximum atomic E-state index is 13.1. The van der Waals surface area contributed by atoms with E-state index in [1.165, 1.54) is 6.20 Å². The van der Waals surface area contributed by atoms with Crippen LogP contribution in [0.25, 0.3) is 44.2 Å². The molecule has 1 fully saturated rings. The summed E-state index contributed by atoms with van der Waals surface area (Å²) in [7, 11) is 0. The second-order valence-electron chi connectivity index (χ2n) is 8.83. The van der Waals surface area contributed by atoms with Gasteiger partial charge in [0.2, 0.25) is 5.91 Å². The summed E-state index contributed by atoms with van der Waals surface area (Å²) in [6.45, 7) is 1.42. The number of piperidine rings is 1. The third kappa shape index (κ3) is 3.66. The predicted octanol–water partition coefficient (Wildman–Crippen LogP) is 1.30. The summed E-state index contributed by atoms with van der Waals surface area (Å²) in [6, 6.07) is 7.45. The number of nitrogens with two attached hydrogens (primary N) is 1. The van der Waals surface area contributed by atoms with Gasteiger partial charge in [0.05, 0.1) is 28.7 Å². The molecule has 0 unspecified atom stereocenters. The molecule has 35 heavy (non-hydrogen) atoms. The molecule has 0 aliphatic carbocycles. The first kappa shape index (κ1) is 21.2. The molecule has 0 atom stereocenters. The number of nitrogens with one attached hydrogen (secondary N) is 2. The zero-order valence-corrected chi connectivity index (χ0v) is 18.7. The van der Waals surface area contributed by atoms with Crippen molar-refractivity contribution in [3.8, 4) is 11.3 Å². The molecule has 5 aromatic rings. The number of primary amides is 1. The standard InChI is InChI=1S/C24H22N8O3/c25-19(33)12-31-7-4-15(5-8-31)32-21-16(23(34)30-24(32)35)11-27-18-2-1-17(29-20(18)21)14-9-13-3-6-26-22(13)28-10-14/h1-3,6,9-11,15H,4-5,7-8,12H2,(H2,25,33)(H,26,28)(H,30,34,35). The van der Waals surface area contributed by atoms with Crippen molar-refractivity contribution in [2.24, 2.45) is 5.73 Å². The first-order valence-electron chi connectivity index (χ1n) is 11.4. The SMILES string of the molecule is NC(=O)CN1CCC(n2c(=O)[nH]c(=O)c3cnc4ccc(-c5cnc6[nH]ccc6c5)nc4c32)CC1. The van der Waals surface area contributed by atoms with Gasteiger partial charge in [-0.1, -0.05) is 0 Å². The summed E-state index contributed by atoms with van der Waals surface area (Å²) in [4.78, 5) is 58.3. The molecule has 11 nitrogen and oxygen atoms in total. The third-order valence-corrected chi connectivity index (χ3v) is 6.61. The van der Waals surface area contributed by atoms with Crippen LogP contribution in [0.3, 0.4) is 0 Å². The highest BCUT2D eigenvalue weighted by Gasteiger charge is 2.25. The van der Waals surface area contributed by atoms with Gasteiger partial charge in [0, 0.05) is 48.7 Å². The Labute approximate surface area is 197 Å². The third-order valence-electron chi connectivity index (χ3n) is 6.61. The van der Waals surface area contributed by atoms with Crippen molar-refractivity contribution in [3.05, 3.63) is 63.7 Å². The van der Waals surface area contributed by atoms with Crippen molar-refractivity contribution in [2.45, 2.75) is 18.9 Å². The first-order valence-corrected chi connectivity index (χ1v) is 11.4. The average Bonchev–Trinajstić information content (AvgIpc) is 3.32. The van der Waals surface area contributed by atoms with Gasteiger partial charge in [-0.25, -0.2) is 14.8 Å². The molecule has 1 aliphatic heterocycles. The van der Waals surface area contributed by atoms with Crippen LogP contribution in [0, 0.1) is 0 Å². The lowest BCUT2D eigenvalue weighted by molar-refractivity contribution is -0.119. The number of aromatic amines is 2. The van der Waals surface area contributed by atoms with E-state index in [9.17, 15) is 14.4 Å². The van der Waals surface area contributed by atoms with Gasteiger partial charge in [-0.05, 0) is 37.1 Å². The van der Waals surface area contributed by atoms with Crippen molar-refractivity contribution in [3.63, 3.8) is 0 Å². The molecular formula is C24H22N8O3. The van der Waals surface area contributed by atoms with Crippen LogP contribution in [0.15, 0.2) is 52.4 Å². The van der Waals surface area contributed by atoms with Gasteiger partial charge in [-0.2, -0.15) is 0 Å². The number of rotatable bonds is 4. The highest BCUT2D eigenvalue weighted by molar-refractivity contribution is 6.01. The largest absolute Gasteiger partial charge is 0.369 e. The van der Waals surface area contributed by atoms with Crippen LogP contribution in [0.5, 0.6) is 0 Å². The van der Waals surface area contributed by atoms with Gasteiger partial charge < -0.3 is 10.7 Å². The smallest absolute Gasteiger partial charge is 0.329 e. The highest BCUT2D eigenvalue weighted by Crippen LogP contribution is 2.29. The zero-order chi connectivity index (χ0) is 24.1. The molecule has 11 heteroatoms. The first-order chi connectivity index (χ1) is 17.0. The molecule has 1 amide bonds. The molecule has 0 spiro atoms. The van der Waals surface area contributed by atoms with Gasteiger partial charge in [0.15, 0.2) is 0 Å².